The maximum Gasteiger partial charge on any atom is 0.186 e. The number of benzene rings is 2. The van der Waals surface area contributed by atoms with Crippen LogP contribution in [0, 0.1) is 0 Å². The zero-order chi connectivity index (χ0) is 26.8. The summed E-state index contributed by atoms with van der Waals surface area (Å²) in [6, 6.07) is 12.9. The van der Waals surface area contributed by atoms with Gasteiger partial charge in [0.1, 0.15) is 0 Å². The number of aryl methyl sites for hydroxylation is 2. The van der Waals surface area contributed by atoms with Crippen molar-refractivity contribution in [3.8, 4) is 23.0 Å². The van der Waals surface area contributed by atoms with E-state index in [4.69, 9.17) is 18.3 Å². The summed E-state index contributed by atoms with van der Waals surface area (Å²) in [7, 11) is -0.717. The predicted molar refractivity (Wildman–Crippen MR) is 148 cm³/mol. The van der Waals surface area contributed by atoms with E-state index in [2.05, 4.69) is 26.2 Å². The van der Waals surface area contributed by atoms with E-state index in [1.54, 1.807) is 26.4 Å². The number of aromatic hydroxyl groups is 2. The van der Waals surface area contributed by atoms with Crippen molar-refractivity contribution in [2.75, 3.05) is 27.4 Å². The van der Waals surface area contributed by atoms with Gasteiger partial charge >= 0.3 is 0 Å². The maximum atomic E-state index is 10.5. The van der Waals surface area contributed by atoms with E-state index in [9.17, 15) is 15.3 Å². The highest BCUT2D eigenvalue weighted by molar-refractivity contribution is 6.71. The van der Waals surface area contributed by atoms with Gasteiger partial charge in [-0.15, -0.1) is 0 Å². The number of aliphatic hydroxyl groups excluding tert-OH is 1. The second-order valence-corrected chi connectivity index (χ2v) is 19.1. The molecule has 36 heavy (non-hydrogen) atoms. The molecule has 0 amide bonds. The molecule has 0 aliphatic carbocycles. The SMILES string of the molecule is COc1cc(CCC[Si](C)(C)OCC(O)CO[Si](C)(C)CCCc2ccc(O)c(OC)c2)ccc1O. The number of aliphatic hydroxyl groups is 1. The molecule has 0 spiro atoms. The van der Waals surface area contributed by atoms with Gasteiger partial charge in [0.05, 0.1) is 33.5 Å². The third-order valence-electron chi connectivity index (χ3n) is 6.31. The minimum Gasteiger partial charge on any atom is -0.504 e. The first-order valence-corrected chi connectivity index (χ1v) is 18.9. The van der Waals surface area contributed by atoms with Gasteiger partial charge in [-0.2, -0.15) is 0 Å². The van der Waals surface area contributed by atoms with Crippen molar-refractivity contribution in [3.63, 3.8) is 0 Å². The van der Waals surface area contributed by atoms with Crippen LogP contribution in [-0.4, -0.2) is 65.5 Å². The zero-order valence-electron chi connectivity index (χ0n) is 22.7. The van der Waals surface area contributed by atoms with E-state index >= 15 is 0 Å². The summed E-state index contributed by atoms with van der Waals surface area (Å²) in [5.74, 6) is 1.30. The lowest BCUT2D eigenvalue weighted by molar-refractivity contribution is 0.0563. The van der Waals surface area contributed by atoms with E-state index < -0.39 is 22.7 Å². The Balaban J connectivity index is 1.67. The minimum absolute atomic E-state index is 0.153. The largest absolute Gasteiger partial charge is 0.504 e. The van der Waals surface area contributed by atoms with Crippen molar-refractivity contribution in [2.45, 2.75) is 70.1 Å². The molecular formula is C27H44O7Si2. The molecule has 0 unspecified atom stereocenters. The summed E-state index contributed by atoms with van der Waals surface area (Å²) in [6.45, 7) is 9.29. The van der Waals surface area contributed by atoms with Crippen molar-refractivity contribution in [1.29, 1.82) is 0 Å². The summed E-state index contributed by atoms with van der Waals surface area (Å²) in [5, 5.41) is 29.9. The van der Waals surface area contributed by atoms with Gasteiger partial charge in [0.2, 0.25) is 0 Å². The highest BCUT2D eigenvalue weighted by atomic mass is 28.4. The second-order valence-electron chi connectivity index (χ2n) is 10.5. The van der Waals surface area contributed by atoms with Crippen LogP contribution < -0.4 is 9.47 Å². The number of methoxy groups -OCH3 is 2. The fourth-order valence-electron chi connectivity index (χ4n) is 4.03. The van der Waals surface area contributed by atoms with Crippen LogP contribution in [0.5, 0.6) is 23.0 Å². The molecule has 9 heteroatoms. The fraction of sp³-hybridized carbons (Fsp3) is 0.556. The van der Waals surface area contributed by atoms with Crippen LogP contribution >= 0.6 is 0 Å². The molecular weight excluding hydrogens is 492 g/mol. The number of ether oxygens (including phenoxy) is 2. The van der Waals surface area contributed by atoms with Gasteiger partial charge in [0, 0.05) is 0 Å². The highest BCUT2D eigenvalue weighted by Gasteiger charge is 2.26. The smallest absolute Gasteiger partial charge is 0.186 e. The van der Waals surface area contributed by atoms with Gasteiger partial charge in [0.25, 0.3) is 0 Å². The zero-order valence-corrected chi connectivity index (χ0v) is 24.7. The van der Waals surface area contributed by atoms with Crippen molar-refractivity contribution in [1.82, 2.24) is 0 Å². The summed E-state index contributed by atoms with van der Waals surface area (Å²) < 4.78 is 22.7. The maximum absolute atomic E-state index is 10.5. The van der Waals surface area contributed by atoms with Gasteiger partial charge in [-0.3, -0.25) is 0 Å². The molecule has 0 aromatic heterocycles. The van der Waals surface area contributed by atoms with Gasteiger partial charge in [0.15, 0.2) is 39.6 Å². The summed E-state index contributed by atoms with van der Waals surface area (Å²) in [6.07, 6.45) is 3.10. The van der Waals surface area contributed by atoms with E-state index in [0.29, 0.717) is 24.7 Å². The fourth-order valence-corrected chi connectivity index (χ4v) is 7.66. The Labute approximate surface area is 218 Å². The van der Waals surface area contributed by atoms with Crippen LogP contribution in [0.15, 0.2) is 36.4 Å². The first-order valence-electron chi connectivity index (χ1n) is 12.6. The van der Waals surface area contributed by atoms with Crippen LogP contribution in [0.1, 0.15) is 24.0 Å². The lowest BCUT2D eigenvalue weighted by atomic mass is 10.1. The first kappa shape index (κ1) is 30.2. The number of rotatable bonds is 16. The van der Waals surface area contributed by atoms with Gasteiger partial charge in [-0.25, -0.2) is 0 Å². The standard InChI is InChI=1S/C27H44O7Si2/c1-31-26-17-21(11-13-24(26)29)9-7-15-35(3,4)33-19-23(28)20-34-36(5,6)16-8-10-22-12-14-25(30)27(18-22)32-2/h11-14,17-18,23,28-30H,7-10,15-16,19-20H2,1-6H3. The molecule has 0 bridgehead atoms. The number of hydrogen-bond donors (Lipinski definition) is 3. The Morgan fingerprint density at radius 1 is 0.694 bits per heavy atom. The first-order chi connectivity index (χ1) is 16.9. The van der Waals surface area contributed by atoms with E-state index in [1.807, 2.05) is 24.3 Å². The monoisotopic (exact) mass is 536 g/mol. The topological polar surface area (TPSA) is 97.6 Å². The van der Waals surface area contributed by atoms with Gasteiger partial charge < -0.3 is 33.6 Å². The molecule has 0 aliphatic heterocycles. The highest BCUT2D eigenvalue weighted by Crippen LogP contribution is 2.28. The van der Waals surface area contributed by atoms with E-state index in [-0.39, 0.29) is 11.5 Å². The lowest BCUT2D eigenvalue weighted by Gasteiger charge is -2.27. The number of phenolic OH excluding ortho intramolecular Hbond substituents is 2. The molecule has 0 saturated heterocycles. The average Bonchev–Trinajstić information content (AvgIpc) is 2.83. The van der Waals surface area contributed by atoms with Crippen LogP contribution in [0.25, 0.3) is 0 Å². The minimum atomic E-state index is -1.91. The van der Waals surface area contributed by atoms with Crippen LogP contribution in [0.3, 0.4) is 0 Å². The summed E-state index contributed by atoms with van der Waals surface area (Å²) >= 11 is 0. The van der Waals surface area contributed by atoms with E-state index in [1.165, 1.54) is 0 Å². The average molecular weight is 537 g/mol. The molecule has 0 fully saturated rings. The third kappa shape index (κ3) is 10.5. The van der Waals surface area contributed by atoms with E-state index in [0.717, 1.165) is 48.9 Å². The quantitative estimate of drug-likeness (QED) is 0.244. The number of phenols is 2. The second kappa shape index (κ2) is 14.0. The van der Waals surface area contributed by atoms with Crippen LogP contribution in [0.4, 0.5) is 0 Å². The Morgan fingerprint density at radius 3 is 1.44 bits per heavy atom. The third-order valence-corrected chi connectivity index (χ3v) is 11.3. The van der Waals surface area contributed by atoms with Gasteiger partial charge in [-0.1, -0.05) is 12.1 Å². The molecule has 2 rings (SSSR count). The van der Waals surface area contributed by atoms with Crippen molar-refractivity contribution in [3.05, 3.63) is 47.5 Å². The van der Waals surface area contributed by atoms with Gasteiger partial charge in [-0.05, 0) is 99.4 Å². The molecule has 0 radical (unpaired) electrons. The Bertz CT molecular complexity index is 874. The molecule has 2 aromatic rings. The molecule has 2 aromatic carbocycles. The lowest BCUT2D eigenvalue weighted by Crippen LogP contribution is -2.38. The molecule has 7 nitrogen and oxygen atoms in total. The summed E-state index contributed by atoms with van der Waals surface area (Å²) in [4.78, 5) is 0. The molecule has 202 valence electrons. The number of hydrogen-bond acceptors (Lipinski definition) is 7. The molecule has 0 aliphatic rings. The Kier molecular flexibility index (Phi) is 11.8. The van der Waals surface area contributed by atoms with Crippen LogP contribution in [-0.2, 0) is 21.7 Å². The summed E-state index contributed by atoms with van der Waals surface area (Å²) in [5.41, 5.74) is 2.25. The molecule has 0 heterocycles. The molecule has 0 atom stereocenters. The van der Waals surface area contributed by atoms with Crippen molar-refractivity contribution in [2.24, 2.45) is 0 Å². The van der Waals surface area contributed by atoms with Crippen molar-refractivity contribution < 1.29 is 33.6 Å². The Morgan fingerprint density at radius 2 is 1.08 bits per heavy atom. The normalized spacial score (nSPS) is 12.2. The molecule has 3 N–H and O–H groups in total. The Hall–Kier alpha value is -2.05. The van der Waals surface area contributed by atoms with Crippen molar-refractivity contribution >= 4 is 16.6 Å². The molecule has 0 saturated carbocycles. The van der Waals surface area contributed by atoms with Crippen LogP contribution in [0.2, 0.25) is 38.3 Å². The predicted octanol–water partition coefficient (Wildman–Crippen LogP) is 5.48.